The molecular formula is C28H38FN3OS. The van der Waals surface area contributed by atoms with Gasteiger partial charge in [0.25, 0.3) is 0 Å². The van der Waals surface area contributed by atoms with Crippen LogP contribution in [0, 0.1) is 17.7 Å². The van der Waals surface area contributed by atoms with Crippen LogP contribution in [0.2, 0.25) is 0 Å². The Bertz CT molecular complexity index is 980. The largest absolute Gasteiger partial charge is 0.375 e. The first-order valence-corrected chi connectivity index (χ1v) is 13.8. The maximum atomic E-state index is 13.7. The highest BCUT2D eigenvalue weighted by Gasteiger charge is 2.28. The molecule has 1 fully saturated rings. The molecule has 1 saturated carbocycles. The molecule has 4 rings (SSSR count). The molecule has 0 aliphatic heterocycles. The van der Waals surface area contributed by atoms with Crippen molar-refractivity contribution >= 4 is 28.3 Å². The number of benzene rings is 1. The van der Waals surface area contributed by atoms with E-state index in [9.17, 15) is 9.18 Å². The van der Waals surface area contributed by atoms with Gasteiger partial charge in [0, 0.05) is 22.9 Å². The van der Waals surface area contributed by atoms with Crippen LogP contribution in [0.25, 0.3) is 6.08 Å². The molecule has 0 radical (unpaired) electrons. The normalized spacial score (nSPS) is 22.9. The summed E-state index contributed by atoms with van der Waals surface area (Å²) < 4.78 is 13.7. The lowest BCUT2D eigenvalue weighted by molar-refractivity contribution is -0.115. The molecule has 0 bridgehead atoms. The molecule has 1 aromatic carbocycles. The molecule has 2 N–H and O–H groups in total. The molecule has 6 heteroatoms. The van der Waals surface area contributed by atoms with Gasteiger partial charge < -0.3 is 10.6 Å². The number of rotatable bonds is 10. The number of thiazole rings is 1. The highest BCUT2D eigenvalue weighted by atomic mass is 32.1. The topological polar surface area (TPSA) is 59.2 Å². The van der Waals surface area contributed by atoms with Crippen molar-refractivity contribution in [2.24, 2.45) is 11.8 Å². The number of fused-ring (bicyclic) bond motifs is 1. The predicted octanol–water partition coefficient (Wildman–Crippen LogP) is 6.30. The van der Waals surface area contributed by atoms with Gasteiger partial charge >= 0.3 is 0 Å². The lowest BCUT2D eigenvalue weighted by Crippen LogP contribution is -2.41. The van der Waals surface area contributed by atoms with Gasteiger partial charge in [0.05, 0.1) is 5.69 Å². The highest BCUT2D eigenvalue weighted by Crippen LogP contribution is 2.34. The van der Waals surface area contributed by atoms with E-state index in [0.717, 1.165) is 38.1 Å². The molecule has 0 spiro atoms. The van der Waals surface area contributed by atoms with Crippen LogP contribution in [0.5, 0.6) is 0 Å². The van der Waals surface area contributed by atoms with Crippen LogP contribution >= 0.6 is 11.3 Å². The molecular weight excluding hydrogens is 445 g/mol. The molecule has 2 aliphatic carbocycles. The number of aryl methyl sites for hydroxylation is 1. The number of aromatic nitrogens is 1. The molecule has 2 aromatic rings. The first-order valence-electron chi connectivity index (χ1n) is 12.9. The number of carbonyl (C=O) groups is 1. The Hall–Kier alpha value is -2.05. The molecule has 1 aromatic heterocycles. The van der Waals surface area contributed by atoms with E-state index in [-0.39, 0.29) is 11.6 Å². The fourth-order valence-electron chi connectivity index (χ4n) is 5.67. The zero-order valence-corrected chi connectivity index (χ0v) is 21.2. The van der Waals surface area contributed by atoms with E-state index in [0.29, 0.717) is 29.1 Å². The number of nitrogens with two attached hydrogens (primary N) is 1. The van der Waals surface area contributed by atoms with Gasteiger partial charge in [-0.05, 0) is 88.1 Å². The van der Waals surface area contributed by atoms with Gasteiger partial charge in [-0.25, -0.2) is 9.37 Å². The molecule has 4 nitrogen and oxygen atoms in total. The first-order chi connectivity index (χ1) is 16.5. The van der Waals surface area contributed by atoms with Crippen LogP contribution in [-0.2, 0) is 17.6 Å². The van der Waals surface area contributed by atoms with E-state index in [1.807, 2.05) is 0 Å². The SMILES string of the molecule is CCCN(CCC1CCC(CC(=O)C=Cc2ccccc2F)CC1)C1CCc2nc(N)sc2C1. The summed E-state index contributed by atoms with van der Waals surface area (Å²) in [5, 5.41) is 0.714. The van der Waals surface area contributed by atoms with Crippen molar-refractivity contribution in [1.82, 2.24) is 9.88 Å². The predicted molar refractivity (Wildman–Crippen MR) is 139 cm³/mol. The summed E-state index contributed by atoms with van der Waals surface area (Å²) in [7, 11) is 0. The minimum atomic E-state index is -0.283. The smallest absolute Gasteiger partial charge is 0.180 e. The first kappa shape index (κ1) is 25.1. The van der Waals surface area contributed by atoms with E-state index >= 15 is 0 Å². The van der Waals surface area contributed by atoms with Crippen LogP contribution in [0.15, 0.2) is 30.3 Å². The van der Waals surface area contributed by atoms with Gasteiger partial charge in [-0.15, -0.1) is 11.3 Å². The van der Waals surface area contributed by atoms with Gasteiger partial charge in [-0.3, -0.25) is 4.79 Å². The van der Waals surface area contributed by atoms with Crippen molar-refractivity contribution in [2.45, 2.75) is 77.2 Å². The monoisotopic (exact) mass is 483 g/mol. The molecule has 184 valence electrons. The second-order valence-corrected chi connectivity index (χ2v) is 11.2. The summed E-state index contributed by atoms with van der Waals surface area (Å²) >= 11 is 1.67. The Morgan fingerprint density at radius 3 is 2.71 bits per heavy atom. The Balaban J connectivity index is 1.20. The standard InChI is InChI=1S/C28H38FN3OS/c1-2-16-32(23-12-14-26-27(19-23)34-28(30)31-26)17-15-20-7-9-21(10-8-20)18-24(33)13-11-22-5-3-4-6-25(22)29/h3-6,11,13,20-21,23H,2,7-10,12,14-19H2,1H3,(H2,30,31). The van der Waals surface area contributed by atoms with Crippen molar-refractivity contribution in [3.05, 3.63) is 52.3 Å². The van der Waals surface area contributed by atoms with Crippen LogP contribution in [0.4, 0.5) is 9.52 Å². The molecule has 2 aliphatic rings. The minimum absolute atomic E-state index is 0.112. The average Bonchev–Trinajstić information content (AvgIpc) is 3.21. The van der Waals surface area contributed by atoms with E-state index in [2.05, 4.69) is 16.8 Å². The highest BCUT2D eigenvalue weighted by molar-refractivity contribution is 7.15. The van der Waals surface area contributed by atoms with Crippen LogP contribution in [0.1, 0.15) is 74.4 Å². The number of anilines is 1. The van der Waals surface area contributed by atoms with Gasteiger partial charge in [-0.2, -0.15) is 0 Å². The fraction of sp³-hybridized carbons (Fsp3) is 0.571. The third-order valence-corrected chi connectivity index (χ3v) is 8.54. The quantitative estimate of drug-likeness (QED) is 0.403. The Labute approximate surface area is 207 Å². The van der Waals surface area contributed by atoms with Crippen molar-refractivity contribution in [3.8, 4) is 0 Å². The molecule has 1 heterocycles. The second kappa shape index (κ2) is 12.1. The third-order valence-electron chi connectivity index (χ3n) is 7.59. The maximum absolute atomic E-state index is 13.7. The summed E-state index contributed by atoms with van der Waals surface area (Å²) in [5.41, 5.74) is 7.64. The number of halogens is 1. The lowest BCUT2D eigenvalue weighted by atomic mass is 9.78. The van der Waals surface area contributed by atoms with E-state index < -0.39 is 0 Å². The summed E-state index contributed by atoms with van der Waals surface area (Å²) in [6.45, 7) is 4.60. The Morgan fingerprint density at radius 1 is 1.18 bits per heavy atom. The van der Waals surface area contributed by atoms with E-state index in [1.165, 1.54) is 55.3 Å². The molecule has 0 saturated heterocycles. The van der Waals surface area contributed by atoms with Crippen molar-refractivity contribution in [1.29, 1.82) is 0 Å². The summed E-state index contributed by atoms with van der Waals surface area (Å²) in [6, 6.07) is 7.19. The maximum Gasteiger partial charge on any atom is 0.180 e. The number of carbonyl (C=O) groups excluding carboxylic acids is 1. The Kier molecular flexibility index (Phi) is 8.90. The molecule has 0 amide bonds. The number of nitrogens with zero attached hydrogens (tertiary/aromatic N) is 2. The van der Waals surface area contributed by atoms with Gasteiger partial charge in [0.2, 0.25) is 0 Å². The number of nitrogen functional groups attached to an aromatic ring is 1. The van der Waals surface area contributed by atoms with E-state index in [4.69, 9.17) is 5.73 Å². The number of allylic oxidation sites excluding steroid dienone is 1. The number of hydrogen-bond acceptors (Lipinski definition) is 5. The Morgan fingerprint density at radius 2 is 1.94 bits per heavy atom. The van der Waals surface area contributed by atoms with Crippen molar-refractivity contribution in [2.75, 3.05) is 18.8 Å². The lowest BCUT2D eigenvalue weighted by Gasteiger charge is -2.36. The zero-order valence-electron chi connectivity index (χ0n) is 20.3. The summed E-state index contributed by atoms with van der Waals surface area (Å²) in [5.74, 6) is 1.06. The van der Waals surface area contributed by atoms with Crippen molar-refractivity contribution < 1.29 is 9.18 Å². The fourth-order valence-corrected chi connectivity index (χ4v) is 6.62. The van der Waals surface area contributed by atoms with Gasteiger partial charge in [0.1, 0.15) is 5.82 Å². The van der Waals surface area contributed by atoms with Crippen LogP contribution in [0.3, 0.4) is 0 Å². The summed E-state index contributed by atoms with van der Waals surface area (Å²) in [6.07, 6.45) is 14.2. The van der Waals surface area contributed by atoms with E-state index in [1.54, 1.807) is 41.7 Å². The minimum Gasteiger partial charge on any atom is -0.375 e. The number of hydrogen-bond donors (Lipinski definition) is 1. The van der Waals surface area contributed by atoms with Crippen LogP contribution in [-0.4, -0.2) is 34.8 Å². The van der Waals surface area contributed by atoms with Gasteiger partial charge in [-0.1, -0.05) is 38.0 Å². The average molecular weight is 484 g/mol. The third kappa shape index (κ3) is 6.76. The van der Waals surface area contributed by atoms with Gasteiger partial charge in [0.15, 0.2) is 10.9 Å². The zero-order chi connectivity index (χ0) is 23.9. The summed E-state index contributed by atoms with van der Waals surface area (Å²) in [4.78, 5) is 21.0. The second-order valence-electron chi connectivity index (χ2n) is 10.1. The molecule has 34 heavy (non-hydrogen) atoms. The molecule has 1 unspecified atom stereocenters. The van der Waals surface area contributed by atoms with Crippen LogP contribution < -0.4 is 5.73 Å². The molecule has 1 atom stereocenters. The van der Waals surface area contributed by atoms with Crippen molar-refractivity contribution in [3.63, 3.8) is 0 Å². The number of ketones is 1.